The fourth-order valence-electron chi connectivity index (χ4n) is 15.3. The van der Waals surface area contributed by atoms with Gasteiger partial charge in [-0.1, -0.05) is 388 Å². The molecule has 0 atom stereocenters. The molecule has 0 spiro atoms. The molecule has 0 bridgehead atoms. The summed E-state index contributed by atoms with van der Waals surface area (Å²) in [4.78, 5) is 0. The minimum atomic E-state index is -3.30. The minimum absolute atomic E-state index is 0.740. The normalized spacial score (nSPS) is 11.9. The molecule has 4 nitrogen and oxygen atoms in total. The molecular formula is C98H70O4P4. The Morgan fingerprint density at radius 2 is 0.255 bits per heavy atom. The van der Waals surface area contributed by atoms with Crippen LogP contribution in [0.4, 0.5) is 0 Å². The summed E-state index contributed by atoms with van der Waals surface area (Å²) in [5, 5.41) is 13.3. The topological polar surface area (TPSA) is 68.3 Å². The highest BCUT2D eigenvalue weighted by Gasteiger charge is 2.34. The molecule has 0 unspecified atom stereocenters. The molecule has 0 saturated carbocycles. The first-order valence-electron chi connectivity index (χ1n) is 35.6. The summed E-state index contributed by atoms with van der Waals surface area (Å²) in [6.45, 7) is 0. The van der Waals surface area contributed by atoms with Gasteiger partial charge in [-0.15, -0.1) is 0 Å². The first-order valence-corrected chi connectivity index (χ1v) is 42.4. The number of fused-ring (bicyclic) bond motifs is 2. The minimum Gasteiger partial charge on any atom is -0.309 e. The summed E-state index contributed by atoms with van der Waals surface area (Å²) in [6.07, 6.45) is 0. The van der Waals surface area contributed by atoms with E-state index in [-0.39, 0.29) is 0 Å². The van der Waals surface area contributed by atoms with Gasteiger partial charge in [0, 0.05) is 63.7 Å². The van der Waals surface area contributed by atoms with Gasteiger partial charge >= 0.3 is 0 Å². The predicted molar refractivity (Wildman–Crippen MR) is 452 cm³/mol. The molecule has 106 heavy (non-hydrogen) atoms. The molecule has 0 aromatic heterocycles. The van der Waals surface area contributed by atoms with E-state index in [0.29, 0.717) is 0 Å². The fourth-order valence-corrected chi connectivity index (χ4v) is 25.9. The highest BCUT2D eigenvalue weighted by molar-refractivity contribution is 7.86. The molecule has 0 N–H and O–H groups in total. The van der Waals surface area contributed by atoms with Crippen LogP contribution in [-0.2, 0) is 18.3 Å². The maximum Gasteiger partial charge on any atom is 0.171 e. The third kappa shape index (κ3) is 12.2. The van der Waals surface area contributed by atoms with Gasteiger partial charge in [-0.25, -0.2) is 0 Å². The molecule has 506 valence electrons. The summed E-state index contributed by atoms with van der Waals surface area (Å²) in [6, 6.07) is 143. The van der Waals surface area contributed by atoms with Crippen LogP contribution in [0.25, 0.3) is 88.3 Å². The molecule has 17 aromatic rings. The van der Waals surface area contributed by atoms with E-state index in [4.69, 9.17) is 0 Å². The van der Waals surface area contributed by atoms with Gasteiger partial charge in [0.05, 0.1) is 0 Å². The largest absolute Gasteiger partial charge is 0.309 e. The lowest BCUT2D eigenvalue weighted by atomic mass is 9.83. The van der Waals surface area contributed by atoms with Crippen LogP contribution in [-0.4, -0.2) is 0 Å². The van der Waals surface area contributed by atoms with Crippen LogP contribution in [0.15, 0.2) is 425 Å². The summed E-state index contributed by atoms with van der Waals surface area (Å²) < 4.78 is 63.3. The molecule has 0 saturated heterocycles. The summed E-state index contributed by atoms with van der Waals surface area (Å²) >= 11 is 0. The first kappa shape index (κ1) is 67.4. The monoisotopic (exact) mass is 1430 g/mol. The standard InChI is InChI=1S/C98H70O4P4/c99-103(81-29-9-1-10-30-81,82-31-11-2-12-32-82)89-57-49-71(50-58-89)75-65-76(72-51-59-90(60-52-72)104(100,83-33-13-3-14-34-83)84-35-15-4-16-36-84)68-79(67-75)97-93-45-25-27-47-95(93)98(96-48-28-26-46-94(96)97)80-69-77(73-53-61-91(62-54-73)105(101,85-37-17-5-18-38-85)86-39-19-6-20-40-86)66-78(70-80)74-55-63-92(64-56-74)106(102,87-41-21-7-22-42-87)88-43-23-8-24-44-88/h1-70H. The molecule has 0 radical (unpaired) electrons. The fraction of sp³-hybridized carbons (Fsp3) is 0. The quantitative estimate of drug-likeness (QED) is 0.0634. The van der Waals surface area contributed by atoms with E-state index in [1.54, 1.807) is 0 Å². The number of benzene rings is 17. The van der Waals surface area contributed by atoms with E-state index in [2.05, 4.69) is 133 Å². The van der Waals surface area contributed by atoms with E-state index in [9.17, 15) is 0 Å². The smallest absolute Gasteiger partial charge is 0.171 e. The van der Waals surface area contributed by atoms with Gasteiger partial charge < -0.3 is 18.3 Å². The van der Waals surface area contributed by atoms with Crippen molar-refractivity contribution in [1.29, 1.82) is 0 Å². The Hall–Kier alpha value is -11.8. The Morgan fingerprint density at radius 1 is 0.123 bits per heavy atom. The molecule has 0 aliphatic carbocycles. The van der Waals surface area contributed by atoms with Crippen LogP contribution < -0.4 is 63.7 Å². The van der Waals surface area contributed by atoms with Gasteiger partial charge in [-0.3, -0.25) is 0 Å². The first-order chi connectivity index (χ1) is 52.1. The average molecular weight is 1440 g/mol. The van der Waals surface area contributed by atoms with E-state index >= 15 is 18.3 Å². The van der Waals surface area contributed by atoms with E-state index in [1.165, 1.54) is 0 Å². The zero-order valence-electron chi connectivity index (χ0n) is 57.8. The Kier molecular flexibility index (Phi) is 18.2. The van der Waals surface area contributed by atoms with Crippen LogP contribution in [0.2, 0.25) is 0 Å². The van der Waals surface area contributed by atoms with Gasteiger partial charge in [0.1, 0.15) is 0 Å². The van der Waals surface area contributed by atoms with Crippen molar-refractivity contribution in [3.8, 4) is 66.8 Å². The predicted octanol–water partition coefficient (Wildman–Crippen LogP) is 20.6. The summed E-state index contributed by atoms with van der Waals surface area (Å²) in [5.74, 6) is 0. The zero-order valence-corrected chi connectivity index (χ0v) is 61.4. The van der Waals surface area contributed by atoms with Crippen molar-refractivity contribution >= 4 is 114 Å². The highest BCUT2D eigenvalue weighted by Crippen LogP contribution is 2.50. The summed E-state index contributed by atoms with van der Waals surface area (Å²) in [7, 11) is -13.2. The van der Waals surface area contributed by atoms with Crippen molar-refractivity contribution in [2.75, 3.05) is 0 Å². The van der Waals surface area contributed by atoms with Crippen molar-refractivity contribution in [3.63, 3.8) is 0 Å². The summed E-state index contributed by atoms with van der Waals surface area (Å²) in [5.41, 5.74) is 11.8. The average Bonchev–Trinajstić information content (AvgIpc) is 0.731. The van der Waals surface area contributed by atoms with Crippen molar-refractivity contribution in [2.24, 2.45) is 0 Å². The van der Waals surface area contributed by atoms with E-state index in [0.717, 1.165) is 152 Å². The zero-order chi connectivity index (χ0) is 71.7. The molecule has 17 aromatic carbocycles. The molecule has 17 rings (SSSR count). The van der Waals surface area contributed by atoms with Crippen LogP contribution in [0.5, 0.6) is 0 Å². The molecule has 8 heteroatoms. The molecular weight excluding hydrogens is 1360 g/mol. The van der Waals surface area contributed by atoms with Gasteiger partial charge in [0.25, 0.3) is 0 Å². The van der Waals surface area contributed by atoms with Gasteiger partial charge in [-0.2, -0.15) is 0 Å². The van der Waals surface area contributed by atoms with Crippen molar-refractivity contribution in [2.45, 2.75) is 0 Å². The van der Waals surface area contributed by atoms with Crippen molar-refractivity contribution in [3.05, 3.63) is 425 Å². The SMILES string of the molecule is O=P(c1ccccc1)(c1ccccc1)c1ccc(-c2cc(-c3ccc(P(=O)(c4ccccc4)c4ccccc4)cc3)cc(-c3c4ccccc4c(-c4cc(-c5ccc(P(=O)(c6ccccc6)c6ccccc6)cc5)cc(-c5ccc(P(=O)(c6ccccc6)c6ccccc6)cc5)c4)c4ccccc34)c2)cc1. The van der Waals surface area contributed by atoms with Crippen LogP contribution >= 0.6 is 28.6 Å². The maximum absolute atomic E-state index is 15.8. The van der Waals surface area contributed by atoms with E-state index in [1.807, 2.05) is 291 Å². The van der Waals surface area contributed by atoms with Crippen LogP contribution in [0, 0.1) is 0 Å². The lowest BCUT2D eigenvalue weighted by molar-refractivity contribution is 0.591. The third-order valence-corrected chi connectivity index (χ3v) is 32.9. The molecule has 0 heterocycles. The third-order valence-electron chi connectivity index (χ3n) is 20.6. The second kappa shape index (κ2) is 28.7. The maximum atomic E-state index is 15.8. The van der Waals surface area contributed by atoms with Gasteiger partial charge in [0.2, 0.25) is 0 Å². The lowest BCUT2D eigenvalue weighted by Gasteiger charge is -2.22. The molecule has 0 aliphatic rings. The second-order valence-electron chi connectivity index (χ2n) is 26.7. The second-order valence-corrected chi connectivity index (χ2v) is 37.8. The lowest BCUT2D eigenvalue weighted by Crippen LogP contribution is -2.24. The Labute approximate surface area is 619 Å². The van der Waals surface area contributed by atoms with Crippen LogP contribution in [0.3, 0.4) is 0 Å². The Balaban J connectivity index is 0.852. The molecule has 0 aliphatic heterocycles. The van der Waals surface area contributed by atoms with Gasteiger partial charge in [0.15, 0.2) is 28.6 Å². The van der Waals surface area contributed by atoms with Crippen molar-refractivity contribution < 1.29 is 18.3 Å². The Morgan fingerprint density at radius 3 is 0.415 bits per heavy atom. The molecule has 0 fully saturated rings. The highest BCUT2D eigenvalue weighted by atomic mass is 31.2. The Bertz CT molecular complexity index is 5310. The van der Waals surface area contributed by atoms with Gasteiger partial charge in [-0.05, 0) is 125 Å². The number of hydrogen-bond donors (Lipinski definition) is 0. The number of hydrogen-bond acceptors (Lipinski definition) is 4. The van der Waals surface area contributed by atoms with Crippen molar-refractivity contribution in [1.82, 2.24) is 0 Å². The molecule has 0 amide bonds. The van der Waals surface area contributed by atoms with E-state index < -0.39 is 28.6 Å². The number of rotatable bonds is 18. The van der Waals surface area contributed by atoms with Crippen LogP contribution in [0.1, 0.15) is 0 Å².